The van der Waals surface area contributed by atoms with E-state index in [9.17, 15) is 4.39 Å². The van der Waals surface area contributed by atoms with E-state index in [1.54, 1.807) is 19.2 Å². The Hall–Kier alpha value is -2.95. The van der Waals surface area contributed by atoms with Gasteiger partial charge in [0.15, 0.2) is 5.96 Å². The quantitative estimate of drug-likeness (QED) is 0.555. The number of pyridine rings is 1. The largest absolute Gasteiger partial charge is 0.356 e. The van der Waals surface area contributed by atoms with Crippen molar-refractivity contribution in [2.75, 3.05) is 13.6 Å². The van der Waals surface area contributed by atoms with Crippen LogP contribution in [0.1, 0.15) is 11.1 Å². The number of hydrogen-bond donors (Lipinski definition) is 2. The molecule has 4 nitrogen and oxygen atoms in total. The van der Waals surface area contributed by atoms with Crippen LogP contribution in [0.25, 0.3) is 10.9 Å². The first-order chi connectivity index (χ1) is 12.3. The molecule has 0 radical (unpaired) electrons. The van der Waals surface area contributed by atoms with E-state index in [0.717, 1.165) is 28.8 Å². The first-order valence-electron chi connectivity index (χ1n) is 8.28. The highest BCUT2D eigenvalue weighted by atomic mass is 19.1. The molecule has 0 amide bonds. The number of nitrogens with one attached hydrogen (secondary N) is 2. The van der Waals surface area contributed by atoms with E-state index in [2.05, 4.69) is 26.7 Å². The number of halogens is 1. The van der Waals surface area contributed by atoms with E-state index in [0.29, 0.717) is 13.1 Å². The summed E-state index contributed by atoms with van der Waals surface area (Å²) in [7, 11) is 1.74. The predicted octanol–water partition coefficient (Wildman–Crippen LogP) is 3.28. The Labute approximate surface area is 146 Å². The maximum absolute atomic E-state index is 13.2. The topological polar surface area (TPSA) is 49.3 Å². The van der Waals surface area contributed by atoms with Crippen molar-refractivity contribution in [3.05, 3.63) is 77.7 Å². The van der Waals surface area contributed by atoms with Crippen molar-refractivity contribution >= 4 is 16.9 Å². The van der Waals surface area contributed by atoms with Gasteiger partial charge in [-0.2, -0.15) is 0 Å². The van der Waals surface area contributed by atoms with Gasteiger partial charge in [0.05, 0.1) is 5.52 Å². The van der Waals surface area contributed by atoms with Crippen molar-refractivity contribution in [3.63, 3.8) is 0 Å². The van der Waals surface area contributed by atoms with Gasteiger partial charge in [-0.3, -0.25) is 9.98 Å². The second-order valence-corrected chi connectivity index (χ2v) is 5.72. The molecule has 0 saturated carbocycles. The summed E-state index contributed by atoms with van der Waals surface area (Å²) in [5.41, 5.74) is 3.11. The van der Waals surface area contributed by atoms with Crippen LogP contribution < -0.4 is 10.6 Å². The van der Waals surface area contributed by atoms with Crippen molar-refractivity contribution < 1.29 is 4.39 Å². The summed E-state index contributed by atoms with van der Waals surface area (Å²) in [6.07, 6.45) is 2.55. The normalized spacial score (nSPS) is 11.5. The van der Waals surface area contributed by atoms with Gasteiger partial charge in [-0.05, 0) is 41.8 Å². The zero-order valence-corrected chi connectivity index (χ0v) is 14.2. The minimum atomic E-state index is -0.204. The summed E-state index contributed by atoms with van der Waals surface area (Å²) in [5, 5.41) is 7.70. The summed E-state index contributed by atoms with van der Waals surface area (Å²) >= 11 is 0. The Morgan fingerprint density at radius 3 is 2.80 bits per heavy atom. The van der Waals surface area contributed by atoms with Crippen LogP contribution in [0.15, 0.2) is 65.8 Å². The standard InChI is InChI=1S/C20H21FN4/c1-22-20(24-11-9-15-5-4-6-17(21)13-15)25-14-16-10-12-23-19-8-3-2-7-18(16)19/h2-8,10,12-13H,9,11,14H2,1H3,(H2,22,24,25). The fourth-order valence-corrected chi connectivity index (χ4v) is 2.73. The average molecular weight is 336 g/mol. The van der Waals surface area contributed by atoms with Crippen molar-refractivity contribution in [2.24, 2.45) is 4.99 Å². The minimum Gasteiger partial charge on any atom is -0.356 e. The molecule has 0 fully saturated rings. The fraction of sp³-hybridized carbons (Fsp3) is 0.200. The monoisotopic (exact) mass is 336 g/mol. The molecule has 1 heterocycles. The van der Waals surface area contributed by atoms with Crippen molar-refractivity contribution in [3.8, 4) is 0 Å². The summed E-state index contributed by atoms with van der Waals surface area (Å²) in [6, 6.07) is 16.7. The van der Waals surface area contributed by atoms with Crippen LogP contribution in [0, 0.1) is 5.82 Å². The Bertz CT molecular complexity index is 871. The van der Waals surface area contributed by atoms with E-state index in [1.807, 2.05) is 36.5 Å². The lowest BCUT2D eigenvalue weighted by atomic mass is 10.1. The maximum atomic E-state index is 13.2. The van der Waals surface area contributed by atoms with Crippen LogP contribution in [-0.2, 0) is 13.0 Å². The Balaban J connectivity index is 1.55. The molecule has 0 unspecified atom stereocenters. The van der Waals surface area contributed by atoms with Gasteiger partial charge < -0.3 is 10.6 Å². The third kappa shape index (κ3) is 4.53. The van der Waals surface area contributed by atoms with Crippen LogP contribution >= 0.6 is 0 Å². The molecule has 0 atom stereocenters. The number of aliphatic imine (C=N–C) groups is 1. The first kappa shape index (κ1) is 16.9. The molecule has 0 aliphatic rings. The number of para-hydroxylation sites is 1. The number of fused-ring (bicyclic) bond motifs is 1. The molecular formula is C20H21FN4. The van der Waals surface area contributed by atoms with Crippen molar-refractivity contribution in [1.29, 1.82) is 0 Å². The number of hydrogen-bond acceptors (Lipinski definition) is 2. The van der Waals surface area contributed by atoms with Crippen LogP contribution in [0.3, 0.4) is 0 Å². The molecule has 0 aliphatic heterocycles. The fourth-order valence-electron chi connectivity index (χ4n) is 2.73. The van der Waals surface area contributed by atoms with Gasteiger partial charge in [-0.1, -0.05) is 30.3 Å². The van der Waals surface area contributed by atoms with Gasteiger partial charge >= 0.3 is 0 Å². The van der Waals surface area contributed by atoms with Gasteiger partial charge in [0.25, 0.3) is 0 Å². The molecule has 5 heteroatoms. The summed E-state index contributed by atoms with van der Waals surface area (Å²) in [4.78, 5) is 8.61. The third-order valence-corrected chi connectivity index (χ3v) is 4.00. The summed E-state index contributed by atoms with van der Waals surface area (Å²) < 4.78 is 13.2. The van der Waals surface area contributed by atoms with Gasteiger partial charge in [0, 0.05) is 31.7 Å². The van der Waals surface area contributed by atoms with Gasteiger partial charge in [0.1, 0.15) is 5.82 Å². The summed E-state index contributed by atoms with van der Waals surface area (Å²) in [6.45, 7) is 1.34. The lowest BCUT2D eigenvalue weighted by molar-refractivity contribution is 0.625. The molecule has 0 spiro atoms. The molecule has 2 N–H and O–H groups in total. The van der Waals surface area contributed by atoms with E-state index < -0.39 is 0 Å². The molecule has 25 heavy (non-hydrogen) atoms. The molecule has 0 saturated heterocycles. The predicted molar refractivity (Wildman–Crippen MR) is 100 cm³/mol. The van der Waals surface area contributed by atoms with E-state index in [1.165, 1.54) is 11.6 Å². The molecule has 128 valence electrons. The smallest absolute Gasteiger partial charge is 0.191 e. The minimum absolute atomic E-state index is 0.204. The van der Waals surface area contributed by atoms with E-state index in [-0.39, 0.29) is 5.82 Å². The SMILES string of the molecule is CN=C(NCCc1cccc(F)c1)NCc1ccnc2ccccc12. The molecular weight excluding hydrogens is 315 g/mol. The first-order valence-corrected chi connectivity index (χ1v) is 8.28. The van der Waals surface area contributed by atoms with E-state index in [4.69, 9.17) is 0 Å². The Morgan fingerprint density at radius 2 is 1.96 bits per heavy atom. The molecule has 3 aromatic rings. The number of guanidine groups is 1. The zero-order chi connectivity index (χ0) is 17.5. The Morgan fingerprint density at radius 1 is 1.08 bits per heavy atom. The van der Waals surface area contributed by atoms with Crippen LogP contribution in [0.2, 0.25) is 0 Å². The highest BCUT2D eigenvalue weighted by Gasteiger charge is 2.03. The highest BCUT2D eigenvalue weighted by Crippen LogP contribution is 2.15. The van der Waals surface area contributed by atoms with Gasteiger partial charge in [-0.15, -0.1) is 0 Å². The third-order valence-electron chi connectivity index (χ3n) is 4.00. The van der Waals surface area contributed by atoms with Crippen LogP contribution in [-0.4, -0.2) is 24.5 Å². The highest BCUT2D eigenvalue weighted by molar-refractivity contribution is 5.83. The van der Waals surface area contributed by atoms with Crippen molar-refractivity contribution in [2.45, 2.75) is 13.0 Å². The Kier molecular flexibility index (Phi) is 5.57. The molecule has 2 aromatic carbocycles. The van der Waals surface area contributed by atoms with Gasteiger partial charge in [-0.25, -0.2) is 4.39 Å². The lowest BCUT2D eigenvalue weighted by Gasteiger charge is -2.13. The van der Waals surface area contributed by atoms with E-state index >= 15 is 0 Å². The van der Waals surface area contributed by atoms with Crippen LogP contribution in [0.5, 0.6) is 0 Å². The average Bonchev–Trinajstić information content (AvgIpc) is 2.64. The number of benzene rings is 2. The lowest BCUT2D eigenvalue weighted by Crippen LogP contribution is -2.37. The molecule has 1 aromatic heterocycles. The number of nitrogens with zero attached hydrogens (tertiary/aromatic N) is 2. The second kappa shape index (κ2) is 8.24. The van der Waals surface area contributed by atoms with Gasteiger partial charge in [0.2, 0.25) is 0 Å². The number of rotatable bonds is 5. The van der Waals surface area contributed by atoms with Crippen LogP contribution in [0.4, 0.5) is 4.39 Å². The molecule has 0 bridgehead atoms. The summed E-state index contributed by atoms with van der Waals surface area (Å²) in [5.74, 6) is 0.516. The molecule has 3 rings (SSSR count). The molecule has 0 aliphatic carbocycles. The number of aromatic nitrogens is 1. The maximum Gasteiger partial charge on any atom is 0.191 e. The zero-order valence-electron chi connectivity index (χ0n) is 14.2. The van der Waals surface area contributed by atoms with Crippen molar-refractivity contribution in [1.82, 2.24) is 15.6 Å². The second-order valence-electron chi connectivity index (χ2n) is 5.72.